The molecule has 20 heavy (non-hydrogen) atoms. The lowest BCUT2D eigenvalue weighted by Gasteiger charge is -2.27. The molecular weight excluding hydrogens is 255 g/mol. The fourth-order valence-electron chi connectivity index (χ4n) is 2.66. The van der Waals surface area contributed by atoms with Crippen LogP contribution in [0.3, 0.4) is 0 Å². The molecule has 2 N–H and O–H groups in total. The third-order valence-corrected chi connectivity index (χ3v) is 3.45. The van der Waals surface area contributed by atoms with Gasteiger partial charge in [0.2, 0.25) is 5.91 Å². The van der Waals surface area contributed by atoms with Gasteiger partial charge in [-0.1, -0.05) is 6.07 Å². The molecule has 1 atom stereocenters. The van der Waals surface area contributed by atoms with E-state index in [4.69, 9.17) is 0 Å². The Morgan fingerprint density at radius 2 is 2.15 bits per heavy atom. The molecule has 1 aromatic carbocycles. The van der Waals surface area contributed by atoms with Gasteiger partial charge in [-0.25, -0.2) is 4.39 Å². The van der Waals surface area contributed by atoms with Crippen molar-refractivity contribution in [3.63, 3.8) is 0 Å². The summed E-state index contributed by atoms with van der Waals surface area (Å²) in [6.45, 7) is 6.13. The van der Waals surface area contributed by atoms with E-state index in [9.17, 15) is 9.18 Å². The van der Waals surface area contributed by atoms with Gasteiger partial charge in [0.25, 0.3) is 0 Å². The van der Waals surface area contributed by atoms with Crippen molar-refractivity contribution in [3.8, 4) is 0 Å². The third kappa shape index (κ3) is 4.04. The summed E-state index contributed by atoms with van der Waals surface area (Å²) in [7, 11) is 0. The monoisotopic (exact) mass is 278 g/mol. The number of carbonyl (C=O) groups is 1. The Bertz CT molecular complexity index is 494. The number of benzene rings is 1. The summed E-state index contributed by atoms with van der Waals surface area (Å²) in [5.41, 5.74) is 1.96. The first kappa shape index (κ1) is 15.0. The minimum atomic E-state index is -0.227. The second kappa shape index (κ2) is 5.92. The van der Waals surface area contributed by atoms with Crippen molar-refractivity contribution in [2.75, 3.05) is 6.54 Å². The molecule has 2 rings (SSSR count). The topological polar surface area (TPSA) is 41.1 Å². The highest BCUT2D eigenvalue weighted by Crippen LogP contribution is 2.30. The van der Waals surface area contributed by atoms with Crippen LogP contribution in [0, 0.1) is 5.82 Å². The van der Waals surface area contributed by atoms with Gasteiger partial charge in [-0.15, -0.1) is 0 Å². The molecule has 0 aliphatic heterocycles. The van der Waals surface area contributed by atoms with Crippen molar-refractivity contribution in [2.24, 2.45) is 0 Å². The molecule has 0 unspecified atom stereocenters. The highest BCUT2D eigenvalue weighted by atomic mass is 19.1. The number of fused-ring (bicyclic) bond motifs is 1. The molecule has 0 aromatic heterocycles. The summed E-state index contributed by atoms with van der Waals surface area (Å²) >= 11 is 0. The minimum Gasteiger partial charge on any atom is -0.350 e. The summed E-state index contributed by atoms with van der Waals surface area (Å²) in [6.07, 6.45) is 3.00. The molecule has 0 radical (unpaired) electrons. The van der Waals surface area contributed by atoms with E-state index >= 15 is 0 Å². The standard InChI is InChI=1S/C16H23FN2O/c1-16(2,3)19-15(20)10-18-14-6-4-5-11-7-8-12(17)9-13(11)14/h7-9,14,18H,4-6,10H2,1-3H3,(H,19,20)/t14-/m1/s1. The summed E-state index contributed by atoms with van der Waals surface area (Å²) in [6, 6.07) is 5.02. The predicted octanol–water partition coefficient (Wildman–Crippen LogP) is 2.71. The van der Waals surface area contributed by atoms with Crippen LogP contribution in [0.15, 0.2) is 18.2 Å². The lowest BCUT2D eigenvalue weighted by molar-refractivity contribution is -0.121. The molecule has 0 bridgehead atoms. The largest absolute Gasteiger partial charge is 0.350 e. The average molecular weight is 278 g/mol. The molecule has 110 valence electrons. The molecule has 0 saturated carbocycles. The SMILES string of the molecule is CC(C)(C)NC(=O)CN[C@@H]1CCCc2ccc(F)cc21. The van der Waals surface area contributed by atoms with Crippen LogP contribution >= 0.6 is 0 Å². The summed E-state index contributed by atoms with van der Waals surface area (Å²) in [4.78, 5) is 11.8. The Morgan fingerprint density at radius 1 is 1.40 bits per heavy atom. The molecule has 1 aliphatic carbocycles. The van der Waals surface area contributed by atoms with Gasteiger partial charge < -0.3 is 10.6 Å². The molecule has 0 fully saturated rings. The first-order chi connectivity index (χ1) is 9.35. The molecule has 0 saturated heterocycles. The second-order valence-electron chi connectivity index (χ2n) is 6.47. The van der Waals surface area contributed by atoms with Crippen molar-refractivity contribution in [2.45, 2.75) is 51.6 Å². The Morgan fingerprint density at radius 3 is 2.85 bits per heavy atom. The highest BCUT2D eigenvalue weighted by molar-refractivity contribution is 5.78. The van der Waals surface area contributed by atoms with E-state index in [1.165, 1.54) is 11.6 Å². The van der Waals surface area contributed by atoms with E-state index < -0.39 is 0 Å². The zero-order valence-electron chi connectivity index (χ0n) is 12.4. The van der Waals surface area contributed by atoms with Crippen molar-refractivity contribution >= 4 is 5.91 Å². The Balaban J connectivity index is 1.98. The first-order valence-corrected chi connectivity index (χ1v) is 7.18. The number of hydrogen-bond acceptors (Lipinski definition) is 2. The number of nitrogens with one attached hydrogen (secondary N) is 2. The molecule has 0 heterocycles. The van der Waals surface area contributed by atoms with Gasteiger partial charge in [0, 0.05) is 11.6 Å². The predicted molar refractivity (Wildman–Crippen MR) is 78.0 cm³/mol. The molecular formula is C16H23FN2O. The number of amides is 1. The van der Waals surface area contributed by atoms with Crippen LogP contribution in [-0.2, 0) is 11.2 Å². The molecule has 0 spiro atoms. The maximum atomic E-state index is 13.4. The van der Waals surface area contributed by atoms with Gasteiger partial charge in [0.1, 0.15) is 5.82 Å². The smallest absolute Gasteiger partial charge is 0.234 e. The van der Waals surface area contributed by atoms with Gasteiger partial charge in [-0.05, 0) is 63.3 Å². The van der Waals surface area contributed by atoms with Crippen LogP contribution in [0.1, 0.15) is 50.8 Å². The maximum absolute atomic E-state index is 13.4. The van der Waals surface area contributed by atoms with Gasteiger partial charge in [0.15, 0.2) is 0 Å². The number of hydrogen-bond donors (Lipinski definition) is 2. The van der Waals surface area contributed by atoms with E-state index in [1.54, 1.807) is 6.07 Å². The molecule has 1 aromatic rings. The van der Waals surface area contributed by atoms with Crippen molar-refractivity contribution in [1.82, 2.24) is 10.6 Å². The minimum absolute atomic E-state index is 0.0268. The zero-order chi connectivity index (χ0) is 14.8. The molecule has 3 nitrogen and oxygen atoms in total. The van der Waals surface area contributed by atoms with E-state index in [0.29, 0.717) is 0 Å². The van der Waals surface area contributed by atoms with Crippen molar-refractivity contribution < 1.29 is 9.18 Å². The second-order valence-corrected chi connectivity index (χ2v) is 6.47. The first-order valence-electron chi connectivity index (χ1n) is 7.18. The molecule has 1 amide bonds. The van der Waals surface area contributed by atoms with Crippen LogP contribution in [0.5, 0.6) is 0 Å². The number of aryl methyl sites for hydroxylation is 1. The van der Waals surface area contributed by atoms with E-state index in [1.807, 2.05) is 26.8 Å². The Hall–Kier alpha value is -1.42. The van der Waals surface area contributed by atoms with Crippen LogP contribution in [-0.4, -0.2) is 18.0 Å². The quantitative estimate of drug-likeness (QED) is 0.892. The average Bonchev–Trinajstić information content (AvgIpc) is 2.34. The lowest BCUT2D eigenvalue weighted by atomic mass is 9.87. The Labute approximate surface area is 120 Å². The fraction of sp³-hybridized carbons (Fsp3) is 0.562. The number of halogens is 1. The van der Waals surface area contributed by atoms with E-state index in [2.05, 4.69) is 10.6 Å². The van der Waals surface area contributed by atoms with Gasteiger partial charge >= 0.3 is 0 Å². The van der Waals surface area contributed by atoms with Crippen molar-refractivity contribution in [1.29, 1.82) is 0 Å². The molecule has 4 heteroatoms. The van der Waals surface area contributed by atoms with Crippen LogP contribution < -0.4 is 10.6 Å². The van der Waals surface area contributed by atoms with Gasteiger partial charge in [0.05, 0.1) is 6.54 Å². The lowest BCUT2D eigenvalue weighted by Crippen LogP contribution is -2.45. The maximum Gasteiger partial charge on any atom is 0.234 e. The third-order valence-electron chi connectivity index (χ3n) is 3.45. The van der Waals surface area contributed by atoms with Crippen molar-refractivity contribution in [3.05, 3.63) is 35.1 Å². The number of carbonyl (C=O) groups excluding carboxylic acids is 1. The van der Waals surface area contributed by atoms with E-state index in [0.717, 1.165) is 24.8 Å². The fourth-order valence-corrected chi connectivity index (χ4v) is 2.66. The Kier molecular flexibility index (Phi) is 4.43. The van der Waals surface area contributed by atoms with Crippen LogP contribution in [0.25, 0.3) is 0 Å². The van der Waals surface area contributed by atoms with Crippen LogP contribution in [0.4, 0.5) is 4.39 Å². The summed E-state index contributed by atoms with van der Waals surface area (Å²) in [5, 5.41) is 6.17. The van der Waals surface area contributed by atoms with E-state index in [-0.39, 0.29) is 29.8 Å². The molecule has 1 aliphatic rings. The highest BCUT2D eigenvalue weighted by Gasteiger charge is 2.21. The van der Waals surface area contributed by atoms with Gasteiger partial charge in [-0.2, -0.15) is 0 Å². The zero-order valence-corrected chi connectivity index (χ0v) is 12.4. The van der Waals surface area contributed by atoms with Crippen LogP contribution in [0.2, 0.25) is 0 Å². The summed E-state index contributed by atoms with van der Waals surface area (Å²) in [5.74, 6) is -0.238. The summed E-state index contributed by atoms with van der Waals surface area (Å²) < 4.78 is 13.4. The van der Waals surface area contributed by atoms with Gasteiger partial charge in [-0.3, -0.25) is 4.79 Å². The number of rotatable bonds is 3. The normalized spacial score (nSPS) is 18.5.